The number of para-hydroxylation sites is 1. The first-order chi connectivity index (χ1) is 17.5. The average Bonchev–Trinajstić information content (AvgIpc) is 3.28. The number of ether oxygens (including phenoxy) is 3. The highest BCUT2D eigenvalue weighted by atomic mass is 32.1. The quantitative estimate of drug-likeness (QED) is 0.272. The molecule has 3 aromatic carbocycles. The van der Waals surface area contributed by atoms with E-state index in [2.05, 4.69) is 20.3 Å². The van der Waals surface area contributed by atoms with Gasteiger partial charge in [0.25, 0.3) is 0 Å². The number of hydrogen-bond donors (Lipinski definition) is 1. The van der Waals surface area contributed by atoms with Crippen molar-refractivity contribution in [3.05, 3.63) is 72.2 Å². The number of anilines is 1. The van der Waals surface area contributed by atoms with Crippen LogP contribution in [0.15, 0.2) is 60.8 Å². The van der Waals surface area contributed by atoms with Gasteiger partial charge in [0.15, 0.2) is 11.6 Å². The zero-order valence-electron chi connectivity index (χ0n) is 19.4. The Labute approximate surface area is 209 Å². The maximum Gasteiger partial charge on any atom is 0.411 e. The molecule has 1 N–H and O–H groups in total. The minimum absolute atomic E-state index is 0.00373. The molecular weight excluding hydrogens is 483 g/mol. The van der Waals surface area contributed by atoms with Crippen molar-refractivity contribution >= 4 is 44.4 Å². The largest absolute Gasteiger partial charge is 0.487 e. The lowest BCUT2D eigenvalue weighted by molar-refractivity contribution is 0.136. The number of aromatic nitrogens is 3. The molecule has 0 atom stereocenters. The van der Waals surface area contributed by atoms with E-state index in [9.17, 15) is 9.18 Å². The summed E-state index contributed by atoms with van der Waals surface area (Å²) in [6.07, 6.45) is 0.946. The molecule has 2 heterocycles. The Balaban J connectivity index is 1.31. The number of hydrogen-bond acceptors (Lipinski definition) is 8. The van der Waals surface area contributed by atoms with Gasteiger partial charge in [0.05, 0.1) is 34.6 Å². The van der Waals surface area contributed by atoms with Crippen LogP contribution in [0.25, 0.3) is 31.8 Å². The molecule has 182 valence electrons. The second-order valence-electron chi connectivity index (χ2n) is 7.84. The molecule has 10 heteroatoms. The van der Waals surface area contributed by atoms with Crippen LogP contribution in [0.4, 0.5) is 14.9 Å². The predicted molar refractivity (Wildman–Crippen MR) is 136 cm³/mol. The molecule has 0 bridgehead atoms. The number of methoxy groups -OCH3 is 1. The highest BCUT2D eigenvalue weighted by Gasteiger charge is 2.16. The molecule has 0 saturated heterocycles. The normalized spacial score (nSPS) is 11.0. The van der Waals surface area contributed by atoms with Gasteiger partial charge in [-0.25, -0.2) is 24.1 Å². The van der Waals surface area contributed by atoms with Crippen molar-refractivity contribution in [3.8, 4) is 22.2 Å². The second-order valence-corrected chi connectivity index (χ2v) is 8.87. The van der Waals surface area contributed by atoms with Crippen LogP contribution in [0.5, 0.6) is 11.6 Å². The standard InChI is InChI=1S/C26H21FN4O4S/c1-15-10-17(24-20(11-15)30-23(33-2)14-28-24)25-31-19-12-18(27)21(13-22(19)36-25)34-8-9-35-26(32)29-16-6-4-3-5-7-16/h3-7,10-14H,8-9H2,1-2H3,(H,29,32). The summed E-state index contributed by atoms with van der Waals surface area (Å²) in [6.45, 7) is 1.92. The Morgan fingerprint density at radius 3 is 2.69 bits per heavy atom. The fourth-order valence-corrected chi connectivity index (χ4v) is 4.62. The lowest BCUT2D eigenvalue weighted by atomic mass is 10.1. The van der Waals surface area contributed by atoms with Gasteiger partial charge in [-0.2, -0.15) is 0 Å². The summed E-state index contributed by atoms with van der Waals surface area (Å²) >= 11 is 1.40. The van der Waals surface area contributed by atoms with Crippen molar-refractivity contribution < 1.29 is 23.4 Å². The van der Waals surface area contributed by atoms with Crippen molar-refractivity contribution in [2.75, 3.05) is 25.6 Å². The molecule has 0 aliphatic heterocycles. The van der Waals surface area contributed by atoms with E-state index in [0.717, 1.165) is 15.8 Å². The first-order valence-electron chi connectivity index (χ1n) is 11.0. The number of carbonyl (C=O) groups is 1. The Bertz CT molecular complexity index is 1560. The van der Waals surface area contributed by atoms with E-state index in [1.165, 1.54) is 17.4 Å². The summed E-state index contributed by atoms with van der Waals surface area (Å²) < 4.78 is 31.3. The van der Waals surface area contributed by atoms with E-state index >= 15 is 0 Å². The number of thiazole rings is 1. The van der Waals surface area contributed by atoms with Gasteiger partial charge in [-0.15, -0.1) is 11.3 Å². The average molecular weight is 505 g/mol. The van der Waals surface area contributed by atoms with E-state index in [-0.39, 0.29) is 19.0 Å². The third-order valence-corrected chi connectivity index (χ3v) is 6.30. The van der Waals surface area contributed by atoms with Crippen LogP contribution in [0.2, 0.25) is 0 Å². The van der Waals surface area contributed by atoms with Crippen LogP contribution < -0.4 is 14.8 Å². The lowest BCUT2D eigenvalue weighted by Crippen LogP contribution is -2.17. The molecule has 2 aromatic heterocycles. The van der Waals surface area contributed by atoms with Gasteiger partial charge in [-0.1, -0.05) is 18.2 Å². The van der Waals surface area contributed by atoms with Crippen LogP contribution in [0.1, 0.15) is 5.56 Å². The minimum Gasteiger partial charge on any atom is -0.487 e. The van der Waals surface area contributed by atoms with Crippen molar-refractivity contribution in [2.45, 2.75) is 6.92 Å². The van der Waals surface area contributed by atoms with Crippen molar-refractivity contribution in [1.82, 2.24) is 15.0 Å². The summed E-state index contributed by atoms with van der Waals surface area (Å²) in [5.41, 5.74) is 4.30. The highest BCUT2D eigenvalue weighted by molar-refractivity contribution is 7.21. The van der Waals surface area contributed by atoms with Gasteiger partial charge in [0.1, 0.15) is 18.2 Å². The lowest BCUT2D eigenvalue weighted by Gasteiger charge is -2.09. The highest BCUT2D eigenvalue weighted by Crippen LogP contribution is 2.37. The minimum atomic E-state index is -0.612. The SMILES string of the molecule is COc1cnc2c(-c3nc4cc(F)c(OCCOC(=O)Nc5ccccc5)cc4s3)cc(C)cc2n1. The molecule has 0 spiro atoms. The molecule has 36 heavy (non-hydrogen) atoms. The number of aryl methyl sites for hydroxylation is 1. The fourth-order valence-electron chi connectivity index (χ4n) is 3.63. The Morgan fingerprint density at radius 1 is 1.06 bits per heavy atom. The van der Waals surface area contributed by atoms with Crippen molar-refractivity contribution in [3.63, 3.8) is 0 Å². The van der Waals surface area contributed by atoms with Crippen molar-refractivity contribution in [1.29, 1.82) is 0 Å². The number of fused-ring (bicyclic) bond motifs is 2. The molecule has 5 aromatic rings. The molecule has 0 saturated carbocycles. The number of halogens is 1. The second kappa shape index (κ2) is 10.1. The summed E-state index contributed by atoms with van der Waals surface area (Å²) in [4.78, 5) is 25.5. The van der Waals surface area contributed by atoms with Crippen LogP contribution in [0, 0.1) is 12.7 Å². The molecule has 0 fully saturated rings. The van der Waals surface area contributed by atoms with Gasteiger partial charge in [-0.3, -0.25) is 5.32 Å². The first kappa shape index (κ1) is 23.4. The van der Waals surface area contributed by atoms with E-state index in [1.54, 1.807) is 43.6 Å². The van der Waals surface area contributed by atoms with E-state index in [0.29, 0.717) is 33.1 Å². The number of rotatable bonds is 7. The molecule has 8 nitrogen and oxygen atoms in total. The maximum atomic E-state index is 14.7. The molecular formula is C26H21FN4O4S. The molecule has 0 aliphatic carbocycles. The van der Waals surface area contributed by atoms with Gasteiger partial charge >= 0.3 is 6.09 Å². The van der Waals surface area contributed by atoms with E-state index in [1.807, 2.05) is 25.1 Å². The molecule has 0 aliphatic rings. The molecule has 0 radical (unpaired) electrons. The third-order valence-electron chi connectivity index (χ3n) is 5.24. The van der Waals surface area contributed by atoms with E-state index in [4.69, 9.17) is 14.2 Å². The topological polar surface area (TPSA) is 95.5 Å². The zero-order valence-corrected chi connectivity index (χ0v) is 20.3. The molecule has 1 amide bonds. The van der Waals surface area contributed by atoms with Gasteiger partial charge in [-0.05, 0) is 36.8 Å². The fraction of sp³-hybridized carbons (Fsp3) is 0.154. The number of amides is 1. The third kappa shape index (κ3) is 5.03. The van der Waals surface area contributed by atoms with Gasteiger partial charge in [0, 0.05) is 23.4 Å². The Morgan fingerprint density at radius 2 is 1.89 bits per heavy atom. The number of carbonyl (C=O) groups excluding carboxylic acids is 1. The number of nitrogens with one attached hydrogen (secondary N) is 1. The summed E-state index contributed by atoms with van der Waals surface area (Å²) in [7, 11) is 1.54. The summed E-state index contributed by atoms with van der Waals surface area (Å²) in [5, 5.41) is 3.29. The molecule has 5 rings (SSSR count). The Kier molecular flexibility index (Phi) is 6.59. The smallest absolute Gasteiger partial charge is 0.411 e. The molecule has 0 unspecified atom stereocenters. The van der Waals surface area contributed by atoms with Crippen LogP contribution in [-0.2, 0) is 4.74 Å². The van der Waals surface area contributed by atoms with Crippen LogP contribution in [0.3, 0.4) is 0 Å². The maximum absolute atomic E-state index is 14.7. The summed E-state index contributed by atoms with van der Waals surface area (Å²) in [5.74, 6) is -0.0659. The van der Waals surface area contributed by atoms with Crippen molar-refractivity contribution in [2.24, 2.45) is 0 Å². The van der Waals surface area contributed by atoms with Crippen LogP contribution >= 0.6 is 11.3 Å². The summed E-state index contributed by atoms with van der Waals surface area (Å²) in [6, 6.07) is 15.8. The van der Waals surface area contributed by atoms with Gasteiger partial charge < -0.3 is 14.2 Å². The predicted octanol–water partition coefficient (Wildman–Crippen LogP) is 5.99. The number of nitrogens with zero attached hydrogens (tertiary/aromatic N) is 3. The number of benzene rings is 3. The monoisotopic (exact) mass is 504 g/mol. The first-order valence-corrected chi connectivity index (χ1v) is 11.9. The van der Waals surface area contributed by atoms with Gasteiger partial charge in [0.2, 0.25) is 5.88 Å². The zero-order chi connectivity index (χ0) is 25.1. The van der Waals surface area contributed by atoms with Crippen LogP contribution in [-0.4, -0.2) is 41.4 Å². The van der Waals surface area contributed by atoms with E-state index < -0.39 is 11.9 Å². The Hall–Kier alpha value is -4.31.